The summed E-state index contributed by atoms with van der Waals surface area (Å²) in [5.41, 5.74) is 0.00582. The molecule has 9 heteroatoms. The molecule has 0 aliphatic heterocycles. The monoisotopic (exact) mass is 319 g/mol. The summed E-state index contributed by atoms with van der Waals surface area (Å²) in [5.74, 6) is 0. The van der Waals surface area contributed by atoms with Gasteiger partial charge < -0.3 is 0 Å². The molecular weight excluding hydrogens is 307 g/mol. The number of alkyl halides is 3. The third-order valence-electron chi connectivity index (χ3n) is 2.87. The molecule has 0 unspecified atom stereocenters. The first-order chi connectivity index (χ1) is 9.72. The minimum Gasteiger partial charge on any atom is -0.283 e. The number of hydrogen-bond donors (Lipinski definition) is 2. The SMILES string of the molecule is Cc1[nH]ncc1CNS(=O)(=O)c1ccccc1C(F)(F)F. The molecule has 0 bridgehead atoms. The van der Waals surface area contributed by atoms with Crippen LogP contribution in [0, 0.1) is 6.92 Å². The van der Waals surface area contributed by atoms with E-state index in [1.54, 1.807) is 6.92 Å². The van der Waals surface area contributed by atoms with E-state index < -0.39 is 26.7 Å². The van der Waals surface area contributed by atoms with Crippen molar-refractivity contribution < 1.29 is 21.6 Å². The number of aromatic amines is 1. The summed E-state index contributed by atoms with van der Waals surface area (Å²) < 4.78 is 64.8. The van der Waals surface area contributed by atoms with E-state index in [1.807, 2.05) is 0 Å². The average Bonchev–Trinajstić information content (AvgIpc) is 2.81. The highest BCUT2D eigenvalue weighted by atomic mass is 32.2. The first-order valence-electron chi connectivity index (χ1n) is 5.86. The second-order valence-corrected chi connectivity index (χ2v) is 6.07. The van der Waals surface area contributed by atoms with Gasteiger partial charge >= 0.3 is 6.18 Å². The molecule has 0 radical (unpaired) electrons. The number of nitrogens with one attached hydrogen (secondary N) is 2. The van der Waals surface area contributed by atoms with Crippen molar-refractivity contribution in [2.24, 2.45) is 0 Å². The van der Waals surface area contributed by atoms with Crippen molar-refractivity contribution in [2.75, 3.05) is 0 Å². The quantitative estimate of drug-likeness (QED) is 0.907. The first kappa shape index (κ1) is 15.5. The molecule has 0 amide bonds. The summed E-state index contributed by atoms with van der Waals surface area (Å²) in [6.07, 6.45) is -3.33. The van der Waals surface area contributed by atoms with Gasteiger partial charge in [-0.15, -0.1) is 0 Å². The zero-order valence-electron chi connectivity index (χ0n) is 10.9. The third-order valence-corrected chi connectivity index (χ3v) is 4.33. The minimum absolute atomic E-state index is 0.142. The van der Waals surface area contributed by atoms with Crippen molar-refractivity contribution in [2.45, 2.75) is 24.5 Å². The van der Waals surface area contributed by atoms with Crippen LogP contribution < -0.4 is 4.72 Å². The van der Waals surface area contributed by atoms with Crippen molar-refractivity contribution in [3.8, 4) is 0 Å². The first-order valence-corrected chi connectivity index (χ1v) is 7.35. The van der Waals surface area contributed by atoms with Crippen molar-refractivity contribution in [1.29, 1.82) is 0 Å². The summed E-state index contributed by atoms with van der Waals surface area (Å²) in [6, 6.07) is 4.04. The van der Waals surface area contributed by atoms with Gasteiger partial charge in [0.2, 0.25) is 10.0 Å². The van der Waals surface area contributed by atoms with E-state index >= 15 is 0 Å². The Morgan fingerprint density at radius 2 is 1.95 bits per heavy atom. The Morgan fingerprint density at radius 1 is 1.29 bits per heavy atom. The molecule has 2 N–H and O–H groups in total. The summed E-state index contributed by atoms with van der Waals surface area (Å²) >= 11 is 0. The smallest absolute Gasteiger partial charge is 0.283 e. The van der Waals surface area contributed by atoms with Crippen LogP contribution in [0.2, 0.25) is 0 Å². The van der Waals surface area contributed by atoms with Crippen LogP contribution in [0.25, 0.3) is 0 Å². The summed E-state index contributed by atoms with van der Waals surface area (Å²) in [7, 11) is -4.28. The van der Waals surface area contributed by atoms with Crippen LogP contribution in [0.5, 0.6) is 0 Å². The van der Waals surface area contributed by atoms with Crippen LogP contribution in [-0.4, -0.2) is 18.6 Å². The Kier molecular flexibility index (Phi) is 4.06. The van der Waals surface area contributed by atoms with E-state index in [0.29, 0.717) is 11.3 Å². The topological polar surface area (TPSA) is 74.8 Å². The van der Waals surface area contributed by atoms with Crippen molar-refractivity contribution in [1.82, 2.24) is 14.9 Å². The second kappa shape index (κ2) is 5.49. The number of rotatable bonds is 4. The molecule has 1 aromatic heterocycles. The average molecular weight is 319 g/mol. The van der Waals surface area contributed by atoms with Crippen LogP contribution in [0.1, 0.15) is 16.8 Å². The number of nitrogens with zero attached hydrogens (tertiary/aromatic N) is 1. The molecule has 0 saturated carbocycles. The molecule has 0 fully saturated rings. The highest BCUT2D eigenvalue weighted by molar-refractivity contribution is 7.89. The van der Waals surface area contributed by atoms with E-state index in [-0.39, 0.29) is 6.54 Å². The van der Waals surface area contributed by atoms with Crippen LogP contribution in [0.15, 0.2) is 35.4 Å². The number of aromatic nitrogens is 2. The van der Waals surface area contributed by atoms with Gasteiger partial charge in [-0.2, -0.15) is 18.3 Å². The molecule has 0 aliphatic carbocycles. The van der Waals surface area contributed by atoms with Gasteiger partial charge in [0.05, 0.1) is 16.7 Å². The number of hydrogen-bond acceptors (Lipinski definition) is 3. The van der Waals surface area contributed by atoms with E-state index in [4.69, 9.17) is 0 Å². The molecule has 2 aromatic rings. The van der Waals surface area contributed by atoms with Gasteiger partial charge in [-0.3, -0.25) is 5.10 Å². The Labute approximate surface area is 119 Å². The van der Waals surface area contributed by atoms with Crippen molar-refractivity contribution in [3.05, 3.63) is 47.3 Å². The van der Waals surface area contributed by atoms with Crippen LogP contribution in [0.3, 0.4) is 0 Å². The maximum Gasteiger partial charge on any atom is 0.417 e. The number of benzene rings is 1. The molecular formula is C12H12F3N3O2S. The number of aryl methyl sites for hydroxylation is 1. The molecule has 2 rings (SSSR count). The molecule has 1 heterocycles. The molecule has 5 nitrogen and oxygen atoms in total. The lowest BCUT2D eigenvalue weighted by Crippen LogP contribution is -2.26. The molecule has 114 valence electrons. The summed E-state index contributed by atoms with van der Waals surface area (Å²) in [4.78, 5) is -0.793. The predicted molar refractivity (Wildman–Crippen MR) is 68.8 cm³/mol. The Morgan fingerprint density at radius 3 is 2.52 bits per heavy atom. The van der Waals surface area contributed by atoms with Crippen molar-refractivity contribution in [3.63, 3.8) is 0 Å². The molecule has 0 spiro atoms. The Hall–Kier alpha value is -1.87. The molecule has 21 heavy (non-hydrogen) atoms. The van der Waals surface area contributed by atoms with Gasteiger partial charge in [-0.25, -0.2) is 13.1 Å². The lowest BCUT2D eigenvalue weighted by Gasteiger charge is -2.13. The highest BCUT2D eigenvalue weighted by Gasteiger charge is 2.36. The number of sulfonamides is 1. The van der Waals surface area contributed by atoms with Gasteiger partial charge in [0, 0.05) is 17.8 Å². The molecule has 1 aromatic carbocycles. The fourth-order valence-corrected chi connectivity index (χ4v) is 2.97. The lowest BCUT2D eigenvalue weighted by molar-refractivity contribution is -0.139. The van der Waals surface area contributed by atoms with E-state index in [1.165, 1.54) is 12.3 Å². The lowest BCUT2D eigenvalue weighted by atomic mass is 10.2. The van der Waals surface area contributed by atoms with E-state index in [2.05, 4.69) is 14.9 Å². The molecule has 0 saturated heterocycles. The summed E-state index contributed by atoms with van der Waals surface area (Å²) in [5, 5.41) is 6.33. The number of halogens is 3. The zero-order valence-corrected chi connectivity index (χ0v) is 11.7. The zero-order chi connectivity index (χ0) is 15.7. The van der Waals surface area contributed by atoms with Crippen LogP contribution in [0.4, 0.5) is 13.2 Å². The Balaban J connectivity index is 2.30. The van der Waals surface area contributed by atoms with Gasteiger partial charge in [-0.05, 0) is 19.1 Å². The van der Waals surface area contributed by atoms with Gasteiger partial charge in [0.15, 0.2) is 0 Å². The summed E-state index contributed by atoms with van der Waals surface area (Å²) in [6.45, 7) is 1.54. The standard InChI is InChI=1S/C12H12F3N3O2S/c1-8-9(6-16-18-8)7-17-21(19,20)11-5-3-2-4-10(11)12(13,14)15/h2-6,17H,7H2,1H3,(H,16,18). The van der Waals surface area contributed by atoms with E-state index in [9.17, 15) is 21.6 Å². The normalized spacial score (nSPS) is 12.6. The predicted octanol–water partition coefficient (Wildman–Crippen LogP) is 2.22. The minimum atomic E-state index is -4.74. The highest BCUT2D eigenvalue weighted by Crippen LogP contribution is 2.33. The fraction of sp³-hybridized carbons (Fsp3) is 0.250. The van der Waals surface area contributed by atoms with Gasteiger partial charge in [0.1, 0.15) is 0 Å². The Bertz CT molecular complexity index is 738. The van der Waals surface area contributed by atoms with Crippen molar-refractivity contribution >= 4 is 10.0 Å². The molecule has 0 atom stereocenters. The third kappa shape index (κ3) is 3.42. The van der Waals surface area contributed by atoms with Gasteiger partial charge in [-0.1, -0.05) is 12.1 Å². The van der Waals surface area contributed by atoms with Crippen LogP contribution in [-0.2, 0) is 22.7 Å². The van der Waals surface area contributed by atoms with Crippen LogP contribution >= 0.6 is 0 Å². The molecule has 0 aliphatic rings. The van der Waals surface area contributed by atoms with E-state index in [0.717, 1.165) is 18.2 Å². The van der Waals surface area contributed by atoms with Gasteiger partial charge in [0.25, 0.3) is 0 Å². The maximum absolute atomic E-state index is 12.8. The maximum atomic E-state index is 12.8. The largest absolute Gasteiger partial charge is 0.417 e. The number of H-pyrrole nitrogens is 1. The second-order valence-electron chi connectivity index (χ2n) is 4.34. The fourth-order valence-electron chi connectivity index (χ4n) is 1.74.